The summed E-state index contributed by atoms with van der Waals surface area (Å²) in [4.78, 5) is 27.6. The van der Waals surface area contributed by atoms with Gasteiger partial charge in [-0.2, -0.15) is 5.26 Å². The molecule has 5 nitrogen and oxygen atoms in total. The van der Waals surface area contributed by atoms with Crippen LogP contribution in [0.1, 0.15) is 5.56 Å². The molecule has 1 N–H and O–H groups in total. The van der Waals surface area contributed by atoms with Gasteiger partial charge in [0.2, 0.25) is 5.91 Å². The van der Waals surface area contributed by atoms with Gasteiger partial charge >= 0.3 is 0 Å². The second-order valence-electron chi connectivity index (χ2n) is 7.20. The van der Waals surface area contributed by atoms with Gasteiger partial charge in [0.15, 0.2) is 0 Å². The van der Waals surface area contributed by atoms with Crippen LogP contribution in [0, 0.1) is 23.0 Å². The SMILES string of the molecule is N#C/C(C(=O)Nc1ccc(F)cc1)=C1/SC(Cc2ccc(F)cc2)C(=O)N1c1ccccc1. The molecule has 0 radical (unpaired) electrons. The Morgan fingerprint density at radius 1 is 0.970 bits per heavy atom. The van der Waals surface area contributed by atoms with Crippen molar-refractivity contribution in [1.29, 1.82) is 5.26 Å². The van der Waals surface area contributed by atoms with Gasteiger partial charge in [-0.05, 0) is 60.5 Å². The predicted octanol–water partition coefficient (Wildman–Crippen LogP) is 5.03. The molecule has 0 bridgehead atoms. The highest BCUT2D eigenvalue weighted by molar-refractivity contribution is 8.05. The van der Waals surface area contributed by atoms with E-state index >= 15 is 0 Å². The van der Waals surface area contributed by atoms with Crippen LogP contribution in [0.5, 0.6) is 0 Å². The van der Waals surface area contributed by atoms with Gasteiger partial charge in [0.25, 0.3) is 5.91 Å². The monoisotopic (exact) mass is 461 g/mol. The van der Waals surface area contributed by atoms with Crippen molar-refractivity contribution in [2.45, 2.75) is 11.7 Å². The summed E-state index contributed by atoms with van der Waals surface area (Å²) in [5.41, 5.74) is 1.36. The molecule has 1 fully saturated rings. The summed E-state index contributed by atoms with van der Waals surface area (Å²) in [5.74, 6) is -1.82. The molecule has 0 saturated carbocycles. The Bertz CT molecular complexity index is 1250. The third-order valence-electron chi connectivity index (χ3n) is 4.96. The predicted molar refractivity (Wildman–Crippen MR) is 123 cm³/mol. The number of nitrogens with one attached hydrogen (secondary N) is 1. The first kappa shape index (κ1) is 22.2. The maximum Gasteiger partial charge on any atom is 0.269 e. The summed E-state index contributed by atoms with van der Waals surface area (Å²) in [7, 11) is 0. The second-order valence-corrected chi connectivity index (χ2v) is 8.39. The Balaban J connectivity index is 1.70. The number of hydrogen-bond donors (Lipinski definition) is 1. The lowest BCUT2D eigenvalue weighted by molar-refractivity contribution is -0.117. The fourth-order valence-electron chi connectivity index (χ4n) is 3.36. The Morgan fingerprint density at radius 2 is 1.58 bits per heavy atom. The van der Waals surface area contributed by atoms with Crippen molar-refractivity contribution in [3.8, 4) is 6.07 Å². The number of hydrogen-bond acceptors (Lipinski definition) is 4. The molecule has 1 saturated heterocycles. The molecule has 1 aliphatic heterocycles. The van der Waals surface area contributed by atoms with Crippen molar-refractivity contribution in [2.24, 2.45) is 0 Å². The quantitative estimate of drug-likeness (QED) is 0.427. The number of benzene rings is 3. The Morgan fingerprint density at radius 3 is 2.18 bits per heavy atom. The average Bonchev–Trinajstić information content (AvgIpc) is 3.13. The van der Waals surface area contributed by atoms with Crippen LogP contribution in [0.25, 0.3) is 0 Å². The number of nitriles is 1. The first-order valence-corrected chi connectivity index (χ1v) is 10.9. The number of halogens is 2. The molecule has 1 heterocycles. The number of thioether (sulfide) groups is 1. The van der Waals surface area contributed by atoms with Crippen LogP contribution in [-0.4, -0.2) is 17.1 Å². The average molecular weight is 461 g/mol. The van der Waals surface area contributed by atoms with Crippen molar-refractivity contribution in [3.05, 3.63) is 107 Å². The fourth-order valence-corrected chi connectivity index (χ4v) is 4.67. The van der Waals surface area contributed by atoms with Gasteiger partial charge in [-0.1, -0.05) is 42.1 Å². The maximum absolute atomic E-state index is 13.3. The van der Waals surface area contributed by atoms with Crippen LogP contribution in [-0.2, 0) is 16.0 Å². The van der Waals surface area contributed by atoms with E-state index in [1.165, 1.54) is 41.3 Å². The third kappa shape index (κ3) is 4.94. The number of carbonyl (C=O) groups is 2. The molecule has 33 heavy (non-hydrogen) atoms. The summed E-state index contributed by atoms with van der Waals surface area (Å²) in [6, 6.07) is 21.6. The first-order valence-electron chi connectivity index (χ1n) is 9.97. The number of amides is 2. The smallest absolute Gasteiger partial charge is 0.269 e. The van der Waals surface area contributed by atoms with Gasteiger partial charge in [-0.25, -0.2) is 8.78 Å². The number of carbonyl (C=O) groups excluding carboxylic acids is 2. The van der Waals surface area contributed by atoms with Crippen LogP contribution in [0.3, 0.4) is 0 Å². The zero-order valence-electron chi connectivity index (χ0n) is 17.2. The second kappa shape index (κ2) is 9.67. The van der Waals surface area contributed by atoms with Crippen LogP contribution >= 0.6 is 11.8 Å². The van der Waals surface area contributed by atoms with E-state index < -0.39 is 17.0 Å². The van der Waals surface area contributed by atoms with Crippen molar-refractivity contribution in [2.75, 3.05) is 10.2 Å². The molecule has 0 aromatic heterocycles. The van der Waals surface area contributed by atoms with Gasteiger partial charge in [0.1, 0.15) is 28.3 Å². The fraction of sp³-hybridized carbons (Fsp3) is 0.0800. The topological polar surface area (TPSA) is 73.2 Å². The van der Waals surface area contributed by atoms with Gasteiger partial charge in [-0.3, -0.25) is 14.5 Å². The van der Waals surface area contributed by atoms with E-state index in [1.54, 1.807) is 42.5 Å². The van der Waals surface area contributed by atoms with Crippen LogP contribution in [0.15, 0.2) is 89.5 Å². The van der Waals surface area contributed by atoms with Gasteiger partial charge in [-0.15, -0.1) is 0 Å². The van der Waals surface area contributed by atoms with Crippen molar-refractivity contribution in [3.63, 3.8) is 0 Å². The number of anilines is 2. The molecule has 1 unspecified atom stereocenters. The number of para-hydroxylation sites is 1. The minimum atomic E-state index is -0.706. The van der Waals surface area contributed by atoms with Crippen molar-refractivity contribution in [1.82, 2.24) is 0 Å². The molecular weight excluding hydrogens is 444 g/mol. The third-order valence-corrected chi connectivity index (χ3v) is 6.22. The van der Waals surface area contributed by atoms with Crippen LogP contribution < -0.4 is 10.2 Å². The van der Waals surface area contributed by atoms with Crippen LogP contribution in [0.4, 0.5) is 20.2 Å². The molecule has 8 heteroatoms. The van der Waals surface area contributed by atoms with Gasteiger partial charge < -0.3 is 5.32 Å². The van der Waals surface area contributed by atoms with E-state index in [9.17, 15) is 23.6 Å². The van der Waals surface area contributed by atoms with Gasteiger partial charge in [0.05, 0.1) is 5.25 Å². The summed E-state index contributed by atoms with van der Waals surface area (Å²) < 4.78 is 26.5. The number of rotatable bonds is 5. The number of nitrogens with zero attached hydrogens (tertiary/aromatic N) is 2. The van der Waals surface area contributed by atoms with Crippen molar-refractivity contribution >= 4 is 35.0 Å². The molecule has 164 valence electrons. The molecule has 2 amide bonds. The highest BCUT2D eigenvalue weighted by atomic mass is 32.2. The van der Waals surface area contributed by atoms with Gasteiger partial charge in [0, 0.05) is 11.4 Å². The first-order chi connectivity index (χ1) is 16.0. The van der Waals surface area contributed by atoms with E-state index in [0.717, 1.165) is 17.3 Å². The lowest BCUT2D eigenvalue weighted by Crippen LogP contribution is -2.30. The Labute approximate surface area is 193 Å². The molecule has 4 rings (SSSR count). The molecule has 0 aliphatic carbocycles. The van der Waals surface area contributed by atoms with E-state index in [2.05, 4.69) is 5.32 Å². The minimum absolute atomic E-state index is 0.209. The summed E-state index contributed by atoms with van der Waals surface area (Å²) >= 11 is 1.11. The highest BCUT2D eigenvalue weighted by Gasteiger charge is 2.40. The highest BCUT2D eigenvalue weighted by Crippen LogP contribution is 2.42. The summed E-state index contributed by atoms with van der Waals surface area (Å²) in [5, 5.41) is 12.0. The van der Waals surface area contributed by atoms with Crippen molar-refractivity contribution < 1.29 is 18.4 Å². The molecule has 3 aromatic rings. The van der Waals surface area contributed by atoms with E-state index in [1.807, 2.05) is 6.07 Å². The normalized spacial score (nSPS) is 16.9. The lowest BCUT2D eigenvalue weighted by atomic mass is 10.1. The lowest BCUT2D eigenvalue weighted by Gasteiger charge is -2.18. The Hall–Kier alpha value is -3.96. The maximum atomic E-state index is 13.3. The van der Waals surface area contributed by atoms with E-state index in [0.29, 0.717) is 17.8 Å². The minimum Gasteiger partial charge on any atom is -0.321 e. The zero-order valence-corrected chi connectivity index (χ0v) is 18.0. The van der Waals surface area contributed by atoms with Crippen LogP contribution in [0.2, 0.25) is 0 Å². The standard InChI is InChI=1S/C25H17F2N3O2S/c26-17-8-6-16(7-9-17)14-22-24(32)30(20-4-2-1-3-5-20)25(33-22)21(15-28)23(31)29-19-12-10-18(27)11-13-19/h1-13,22H,14H2,(H,29,31)/b25-21-. The molecule has 0 spiro atoms. The molecule has 1 aliphatic rings. The molecule has 1 atom stereocenters. The zero-order chi connectivity index (χ0) is 23.4. The summed E-state index contributed by atoms with van der Waals surface area (Å²) in [6.45, 7) is 0. The van der Waals surface area contributed by atoms with E-state index in [4.69, 9.17) is 0 Å². The molecular formula is C25H17F2N3O2S. The Kier molecular flexibility index (Phi) is 6.52. The molecule has 3 aromatic carbocycles. The summed E-state index contributed by atoms with van der Waals surface area (Å²) in [6.07, 6.45) is 0.300. The van der Waals surface area contributed by atoms with E-state index in [-0.39, 0.29) is 22.3 Å². The largest absolute Gasteiger partial charge is 0.321 e.